The van der Waals surface area contributed by atoms with Gasteiger partial charge in [-0.05, 0) is 31.6 Å². The molecule has 0 amide bonds. The lowest BCUT2D eigenvalue weighted by atomic mass is 10.0. The van der Waals surface area contributed by atoms with Gasteiger partial charge in [0, 0.05) is 12.6 Å². The van der Waals surface area contributed by atoms with E-state index < -0.39 is 0 Å². The molecule has 1 aromatic rings. The normalized spacial score (nSPS) is 16.9. The fraction of sp³-hybridized carbons (Fsp3) is 0.667. The summed E-state index contributed by atoms with van der Waals surface area (Å²) in [6.07, 6.45) is 5.45. The zero-order chi connectivity index (χ0) is 11.4. The van der Waals surface area contributed by atoms with Crippen molar-refractivity contribution >= 4 is 5.82 Å². The number of anilines is 1. The van der Waals surface area contributed by atoms with Crippen LogP contribution in [0.2, 0.25) is 0 Å². The van der Waals surface area contributed by atoms with Crippen LogP contribution < -0.4 is 10.1 Å². The third-order valence-corrected chi connectivity index (χ3v) is 3.29. The standard InChI is InChI=1S/C12H19N3O/c1-3-12(5-6-12)8-13-10-7-11(16-4-2)15-9-14-10/h7,9H,3-6,8H2,1-2H3,(H,13,14,15). The van der Waals surface area contributed by atoms with E-state index in [1.165, 1.54) is 19.3 Å². The van der Waals surface area contributed by atoms with Crippen molar-refractivity contribution in [2.45, 2.75) is 33.1 Å². The average molecular weight is 221 g/mol. The Bertz CT molecular complexity index is 350. The maximum atomic E-state index is 5.33. The van der Waals surface area contributed by atoms with Crippen LogP contribution in [0, 0.1) is 5.41 Å². The fourth-order valence-electron chi connectivity index (χ4n) is 1.77. The van der Waals surface area contributed by atoms with Gasteiger partial charge in [0.1, 0.15) is 12.1 Å². The number of ether oxygens (including phenoxy) is 1. The molecule has 1 aromatic heterocycles. The molecule has 4 nitrogen and oxygen atoms in total. The minimum Gasteiger partial charge on any atom is -0.478 e. The van der Waals surface area contributed by atoms with Crippen LogP contribution in [0.5, 0.6) is 5.88 Å². The van der Waals surface area contributed by atoms with Gasteiger partial charge in [0.25, 0.3) is 0 Å². The smallest absolute Gasteiger partial charge is 0.218 e. The molecule has 4 heteroatoms. The molecule has 0 unspecified atom stereocenters. The number of rotatable bonds is 6. The second-order valence-corrected chi connectivity index (χ2v) is 4.38. The molecule has 0 saturated heterocycles. The second kappa shape index (κ2) is 4.68. The highest BCUT2D eigenvalue weighted by Crippen LogP contribution is 2.48. The topological polar surface area (TPSA) is 47.0 Å². The van der Waals surface area contributed by atoms with E-state index in [4.69, 9.17) is 4.74 Å². The summed E-state index contributed by atoms with van der Waals surface area (Å²) < 4.78 is 5.33. The Kier molecular flexibility index (Phi) is 3.27. The Balaban J connectivity index is 1.91. The van der Waals surface area contributed by atoms with Crippen LogP contribution >= 0.6 is 0 Å². The lowest BCUT2D eigenvalue weighted by molar-refractivity contribution is 0.326. The van der Waals surface area contributed by atoms with Crippen molar-refractivity contribution in [3.63, 3.8) is 0 Å². The van der Waals surface area contributed by atoms with Gasteiger partial charge in [-0.1, -0.05) is 6.92 Å². The molecule has 1 aliphatic carbocycles. The zero-order valence-corrected chi connectivity index (χ0v) is 9.99. The van der Waals surface area contributed by atoms with E-state index >= 15 is 0 Å². The van der Waals surface area contributed by atoms with Gasteiger partial charge in [-0.25, -0.2) is 9.97 Å². The van der Waals surface area contributed by atoms with Crippen LogP contribution in [-0.2, 0) is 0 Å². The summed E-state index contributed by atoms with van der Waals surface area (Å²) in [5.41, 5.74) is 0.525. The molecule has 1 saturated carbocycles. The highest BCUT2D eigenvalue weighted by atomic mass is 16.5. The van der Waals surface area contributed by atoms with Gasteiger partial charge in [-0.15, -0.1) is 0 Å². The van der Waals surface area contributed by atoms with Crippen LogP contribution in [0.15, 0.2) is 12.4 Å². The molecule has 0 bridgehead atoms. The summed E-state index contributed by atoms with van der Waals surface area (Å²) >= 11 is 0. The van der Waals surface area contributed by atoms with Crippen molar-refractivity contribution in [1.29, 1.82) is 0 Å². The number of hydrogen-bond donors (Lipinski definition) is 1. The largest absolute Gasteiger partial charge is 0.478 e. The molecule has 88 valence electrons. The highest BCUT2D eigenvalue weighted by molar-refractivity contribution is 5.37. The van der Waals surface area contributed by atoms with Crippen LogP contribution in [0.1, 0.15) is 33.1 Å². The first-order valence-electron chi connectivity index (χ1n) is 5.97. The first kappa shape index (κ1) is 11.2. The Labute approximate surface area is 96.4 Å². The van der Waals surface area contributed by atoms with Crippen molar-refractivity contribution in [2.24, 2.45) is 5.41 Å². The van der Waals surface area contributed by atoms with E-state index in [0.29, 0.717) is 17.9 Å². The predicted octanol–water partition coefficient (Wildman–Crippen LogP) is 2.48. The third kappa shape index (κ3) is 2.62. The van der Waals surface area contributed by atoms with Crippen molar-refractivity contribution < 1.29 is 4.74 Å². The number of aromatic nitrogens is 2. The molecule has 2 rings (SSSR count). The molecule has 1 heterocycles. The van der Waals surface area contributed by atoms with Gasteiger partial charge in [0.2, 0.25) is 5.88 Å². The van der Waals surface area contributed by atoms with Crippen LogP contribution in [-0.4, -0.2) is 23.1 Å². The van der Waals surface area contributed by atoms with Gasteiger partial charge in [-0.2, -0.15) is 0 Å². The molecular formula is C12H19N3O. The maximum Gasteiger partial charge on any atom is 0.218 e. The molecule has 0 spiro atoms. The number of nitrogens with zero attached hydrogens (tertiary/aromatic N) is 2. The molecule has 16 heavy (non-hydrogen) atoms. The Morgan fingerprint density at radius 3 is 2.81 bits per heavy atom. The van der Waals surface area contributed by atoms with Gasteiger partial charge in [0.15, 0.2) is 0 Å². The molecular weight excluding hydrogens is 202 g/mol. The maximum absolute atomic E-state index is 5.33. The third-order valence-electron chi connectivity index (χ3n) is 3.29. The summed E-state index contributed by atoms with van der Waals surface area (Å²) in [5.74, 6) is 1.50. The van der Waals surface area contributed by atoms with Gasteiger partial charge in [-0.3, -0.25) is 0 Å². The summed E-state index contributed by atoms with van der Waals surface area (Å²) in [7, 11) is 0. The quantitative estimate of drug-likeness (QED) is 0.801. The molecule has 0 aromatic carbocycles. The molecule has 1 aliphatic rings. The molecule has 1 fully saturated rings. The monoisotopic (exact) mass is 221 g/mol. The SMILES string of the molecule is CCOc1cc(NCC2(CC)CC2)ncn1. The van der Waals surface area contributed by atoms with Crippen LogP contribution in [0.4, 0.5) is 5.82 Å². The fourth-order valence-corrected chi connectivity index (χ4v) is 1.77. The van der Waals surface area contributed by atoms with Crippen LogP contribution in [0.3, 0.4) is 0 Å². The molecule has 0 atom stereocenters. The zero-order valence-electron chi connectivity index (χ0n) is 9.99. The van der Waals surface area contributed by atoms with Gasteiger partial charge in [0.05, 0.1) is 6.61 Å². The molecule has 1 N–H and O–H groups in total. The Hall–Kier alpha value is -1.32. The van der Waals surface area contributed by atoms with Crippen molar-refractivity contribution in [1.82, 2.24) is 9.97 Å². The average Bonchev–Trinajstić information content (AvgIpc) is 3.08. The Morgan fingerprint density at radius 1 is 1.38 bits per heavy atom. The van der Waals surface area contributed by atoms with E-state index in [2.05, 4.69) is 22.2 Å². The summed E-state index contributed by atoms with van der Waals surface area (Å²) in [6.45, 7) is 5.84. The number of hydrogen-bond acceptors (Lipinski definition) is 4. The van der Waals surface area contributed by atoms with Gasteiger partial charge >= 0.3 is 0 Å². The lowest BCUT2D eigenvalue weighted by Crippen LogP contribution is -2.15. The van der Waals surface area contributed by atoms with Gasteiger partial charge < -0.3 is 10.1 Å². The Morgan fingerprint density at radius 2 is 2.19 bits per heavy atom. The van der Waals surface area contributed by atoms with Crippen molar-refractivity contribution in [2.75, 3.05) is 18.5 Å². The van der Waals surface area contributed by atoms with E-state index in [1.54, 1.807) is 6.33 Å². The predicted molar refractivity (Wildman–Crippen MR) is 63.6 cm³/mol. The van der Waals surface area contributed by atoms with Crippen molar-refractivity contribution in [3.05, 3.63) is 12.4 Å². The number of nitrogens with one attached hydrogen (secondary N) is 1. The second-order valence-electron chi connectivity index (χ2n) is 4.38. The van der Waals surface area contributed by atoms with Crippen molar-refractivity contribution in [3.8, 4) is 5.88 Å². The molecule has 0 aliphatic heterocycles. The minimum absolute atomic E-state index is 0.525. The van der Waals surface area contributed by atoms with E-state index in [9.17, 15) is 0 Å². The first-order valence-corrected chi connectivity index (χ1v) is 5.97. The first-order chi connectivity index (χ1) is 7.78. The van der Waals surface area contributed by atoms with E-state index in [-0.39, 0.29) is 0 Å². The minimum atomic E-state index is 0.525. The highest BCUT2D eigenvalue weighted by Gasteiger charge is 2.40. The van der Waals surface area contributed by atoms with E-state index in [1.807, 2.05) is 13.0 Å². The van der Waals surface area contributed by atoms with E-state index in [0.717, 1.165) is 12.4 Å². The summed E-state index contributed by atoms with van der Waals surface area (Å²) in [4.78, 5) is 8.22. The summed E-state index contributed by atoms with van der Waals surface area (Å²) in [6, 6.07) is 1.86. The summed E-state index contributed by atoms with van der Waals surface area (Å²) in [5, 5.41) is 3.37. The molecule has 0 radical (unpaired) electrons. The van der Waals surface area contributed by atoms with Crippen LogP contribution in [0.25, 0.3) is 0 Å². The lowest BCUT2D eigenvalue weighted by Gasteiger charge is -2.13.